The Morgan fingerprint density at radius 1 is 0.903 bits per heavy atom. The van der Waals surface area contributed by atoms with E-state index in [2.05, 4.69) is 62.3 Å². The highest BCUT2D eigenvalue weighted by molar-refractivity contribution is 5.93. The minimum absolute atomic E-state index is 0.0633. The molecule has 2 saturated carbocycles. The topological polar surface area (TPSA) is 196 Å². The van der Waals surface area contributed by atoms with Crippen LogP contribution in [0.1, 0.15) is 104 Å². The quantitative estimate of drug-likeness (QED) is 0.140. The Kier molecular flexibility index (Phi) is 16.8. The number of alkyl carbamates (subject to hydrolysis) is 1. The van der Waals surface area contributed by atoms with Crippen molar-refractivity contribution < 1.29 is 46.6 Å². The van der Waals surface area contributed by atoms with Crippen molar-refractivity contribution in [3.05, 3.63) is 30.1 Å². The van der Waals surface area contributed by atoms with Gasteiger partial charge in [0.1, 0.15) is 23.8 Å². The van der Waals surface area contributed by atoms with E-state index in [1.54, 1.807) is 20.8 Å². The van der Waals surface area contributed by atoms with Gasteiger partial charge in [0.15, 0.2) is 0 Å². The summed E-state index contributed by atoms with van der Waals surface area (Å²) in [5.74, 6) is -0.720. The average molecular weight is 876 g/mol. The molecule has 0 spiro atoms. The first-order valence-corrected chi connectivity index (χ1v) is 21.8. The number of nitrogens with zero attached hydrogens (tertiary/aromatic N) is 4. The van der Waals surface area contributed by atoms with Gasteiger partial charge < -0.3 is 45.9 Å². The third-order valence-corrected chi connectivity index (χ3v) is 11.9. The van der Waals surface area contributed by atoms with Crippen molar-refractivity contribution in [2.75, 3.05) is 45.2 Å². The molecule has 2 heterocycles. The van der Waals surface area contributed by atoms with Crippen LogP contribution in [0.3, 0.4) is 0 Å². The van der Waals surface area contributed by atoms with Gasteiger partial charge in [0.25, 0.3) is 0 Å². The van der Waals surface area contributed by atoms with E-state index in [1.165, 1.54) is 12.4 Å². The predicted octanol–water partition coefficient (Wildman–Crippen LogP) is 4.52. The summed E-state index contributed by atoms with van der Waals surface area (Å²) in [5.41, 5.74) is -1.12. The van der Waals surface area contributed by atoms with Gasteiger partial charge in [-0.15, -0.1) is 0 Å². The number of carbonyl (C=O) groups excluding carboxylic acids is 5. The summed E-state index contributed by atoms with van der Waals surface area (Å²) in [6, 6.07) is 2.43. The molecule has 0 bridgehead atoms. The number of fused-ring (bicyclic) bond motifs is 1. The molecule has 4 atom stereocenters. The summed E-state index contributed by atoms with van der Waals surface area (Å²) in [6.45, 7) is 10.8. The van der Waals surface area contributed by atoms with E-state index in [9.17, 15) is 37.1 Å². The van der Waals surface area contributed by atoms with E-state index in [4.69, 9.17) is 9.47 Å². The molecule has 3 fully saturated rings. The summed E-state index contributed by atoms with van der Waals surface area (Å²) in [5, 5.41) is 14.9. The van der Waals surface area contributed by atoms with Gasteiger partial charge in [0.05, 0.1) is 36.4 Å². The molecule has 344 valence electrons. The van der Waals surface area contributed by atoms with Gasteiger partial charge in [-0.05, 0) is 111 Å². The van der Waals surface area contributed by atoms with Gasteiger partial charge in [0.2, 0.25) is 23.6 Å². The number of alkyl halides is 3. The molecule has 16 nitrogen and oxygen atoms in total. The van der Waals surface area contributed by atoms with Crippen LogP contribution in [0.5, 0.6) is 0 Å². The number of nitrogens with one attached hydrogen (secondary N) is 5. The molecule has 1 saturated heterocycles. The number of halogens is 3. The zero-order valence-electron chi connectivity index (χ0n) is 36.7. The summed E-state index contributed by atoms with van der Waals surface area (Å²) in [7, 11) is 2.08. The second-order valence-electron chi connectivity index (χ2n) is 17.9. The van der Waals surface area contributed by atoms with Crippen molar-refractivity contribution in [3.63, 3.8) is 0 Å². The first-order valence-electron chi connectivity index (χ1n) is 21.8. The number of hydrogen-bond donors (Lipinski definition) is 5. The van der Waals surface area contributed by atoms with Crippen LogP contribution in [0.25, 0.3) is 10.9 Å². The number of hydrogen-bond acceptors (Lipinski definition) is 11. The third-order valence-electron chi connectivity index (χ3n) is 11.9. The molecule has 5 rings (SSSR count). The fourth-order valence-electron chi connectivity index (χ4n) is 8.44. The van der Waals surface area contributed by atoms with Crippen molar-refractivity contribution in [3.8, 4) is 0 Å². The Morgan fingerprint density at radius 2 is 1.65 bits per heavy atom. The van der Waals surface area contributed by atoms with Crippen LogP contribution in [-0.4, -0.2) is 131 Å². The van der Waals surface area contributed by atoms with Crippen molar-refractivity contribution >= 4 is 46.4 Å². The maximum absolute atomic E-state index is 14.0. The number of anilines is 1. The van der Waals surface area contributed by atoms with Gasteiger partial charge in [0, 0.05) is 61.9 Å². The molecule has 5 amide bonds. The number of likely N-dealkylation sites (tertiary alicyclic amines) is 1. The molecule has 1 aromatic carbocycles. The fourth-order valence-corrected chi connectivity index (χ4v) is 8.44. The molecule has 1 aliphatic heterocycles. The first kappa shape index (κ1) is 48.3. The van der Waals surface area contributed by atoms with E-state index in [0.717, 1.165) is 18.6 Å². The van der Waals surface area contributed by atoms with Crippen molar-refractivity contribution in [1.29, 1.82) is 0 Å². The lowest BCUT2D eigenvalue weighted by molar-refractivity contribution is -0.137. The fraction of sp³-hybridized carbons (Fsp3) is 0.698. The van der Waals surface area contributed by atoms with E-state index >= 15 is 0 Å². The minimum atomic E-state index is -4.55. The first-order chi connectivity index (χ1) is 29.3. The molecule has 3 aliphatic rings. The second kappa shape index (κ2) is 21.5. The average Bonchev–Trinajstić information content (AvgIpc) is 3.56. The van der Waals surface area contributed by atoms with E-state index in [0.29, 0.717) is 57.0 Å². The molecule has 0 unspecified atom stereocenters. The normalized spacial score (nSPS) is 23.3. The maximum atomic E-state index is 14.0. The van der Waals surface area contributed by atoms with Gasteiger partial charge in [-0.2, -0.15) is 13.2 Å². The van der Waals surface area contributed by atoms with Crippen LogP contribution >= 0.6 is 0 Å². The Labute approximate surface area is 361 Å². The Hall–Kier alpha value is -4.78. The van der Waals surface area contributed by atoms with Crippen molar-refractivity contribution in [2.24, 2.45) is 5.92 Å². The molecular weight excluding hydrogens is 812 g/mol. The highest BCUT2D eigenvalue weighted by atomic mass is 19.4. The lowest BCUT2D eigenvalue weighted by Gasteiger charge is -2.45. The monoisotopic (exact) mass is 875 g/mol. The van der Waals surface area contributed by atoms with Crippen LogP contribution in [-0.2, 0) is 34.8 Å². The largest absolute Gasteiger partial charge is 0.444 e. The molecular formula is C43H64F3N9O7. The molecule has 2 aliphatic carbocycles. The van der Waals surface area contributed by atoms with Crippen LogP contribution in [0.2, 0.25) is 0 Å². The SMILES string of the molecule is CC(C)N(C)[C@@H]1CC[C@H](N2CC[C@H](Nc3ncnc4ccc(C(F)(F)F)cc34)C2=O)[C@H](NC(=O)[C@H]2CC[C@@H](NC(=O)CCOCCNC(=O)CCNC(=O)OC(C)(C)C)CC2)C1. The summed E-state index contributed by atoms with van der Waals surface area (Å²) < 4.78 is 51.3. The van der Waals surface area contributed by atoms with Crippen LogP contribution in [0.15, 0.2) is 24.5 Å². The number of amides is 5. The number of ether oxygens (including phenoxy) is 2. The number of aromatic nitrogens is 2. The highest BCUT2D eigenvalue weighted by Gasteiger charge is 2.44. The van der Waals surface area contributed by atoms with Crippen molar-refractivity contribution in [1.82, 2.24) is 41.0 Å². The zero-order chi connectivity index (χ0) is 45.2. The molecule has 62 heavy (non-hydrogen) atoms. The lowest BCUT2D eigenvalue weighted by atomic mass is 9.82. The predicted molar refractivity (Wildman–Crippen MR) is 226 cm³/mol. The summed E-state index contributed by atoms with van der Waals surface area (Å²) in [4.78, 5) is 76.7. The van der Waals surface area contributed by atoms with Gasteiger partial charge in [-0.25, -0.2) is 14.8 Å². The molecule has 2 aromatic rings. The Morgan fingerprint density at radius 3 is 2.34 bits per heavy atom. The zero-order valence-corrected chi connectivity index (χ0v) is 36.7. The third kappa shape index (κ3) is 13.9. The number of rotatable bonds is 17. The van der Waals surface area contributed by atoms with E-state index < -0.39 is 29.5 Å². The molecule has 19 heteroatoms. The van der Waals surface area contributed by atoms with Crippen LogP contribution in [0.4, 0.5) is 23.8 Å². The smallest absolute Gasteiger partial charge is 0.416 e. The molecule has 0 radical (unpaired) electrons. The van der Waals surface area contributed by atoms with E-state index in [1.807, 2.05) is 4.90 Å². The second-order valence-corrected chi connectivity index (χ2v) is 17.9. The summed E-state index contributed by atoms with van der Waals surface area (Å²) in [6.07, 6.45) is 1.48. The summed E-state index contributed by atoms with van der Waals surface area (Å²) >= 11 is 0. The lowest BCUT2D eigenvalue weighted by Crippen LogP contribution is -2.59. The van der Waals surface area contributed by atoms with Crippen LogP contribution in [0, 0.1) is 5.92 Å². The van der Waals surface area contributed by atoms with Crippen LogP contribution < -0.4 is 26.6 Å². The number of benzene rings is 1. The van der Waals surface area contributed by atoms with Gasteiger partial charge in [-0.3, -0.25) is 19.2 Å². The molecule has 5 N–H and O–H groups in total. The van der Waals surface area contributed by atoms with Gasteiger partial charge in [-0.1, -0.05) is 0 Å². The standard InChI is InChI=1S/C43H64F3N9O7/c1-26(2)54(6)30-12-14-35(55-20-16-33(40(55)59)52-38-31-23-28(43(44,45)46)9-13-32(31)49-25-50-38)34(24-30)53-39(58)27-7-10-29(11-8-27)51-37(57)17-21-61-22-19-47-36(56)15-18-48-41(60)62-42(3,4)5/h9,13,23,25-27,29-30,33-35H,7-8,10-12,14-22,24H2,1-6H3,(H,47,56)(H,48,60)(H,51,57)(H,53,58)(H,49,50,52)/t27-,29+,30-,33+,34-,35+/m1/s1. The van der Waals surface area contributed by atoms with Gasteiger partial charge >= 0.3 is 12.3 Å². The minimum Gasteiger partial charge on any atom is -0.444 e. The Bertz CT molecular complexity index is 1870. The van der Waals surface area contributed by atoms with E-state index in [-0.39, 0.29) is 110 Å². The molecule has 1 aromatic heterocycles. The number of carbonyl (C=O) groups is 5. The Balaban J connectivity index is 1.06. The maximum Gasteiger partial charge on any atom is 0.416 e. The highest BCUT2D eigenvalue weighted by Crippen LogP contribution is 2.35. The van der Waals surface area contributed by atoms with Crippen molar-refractivity contribution in [2.45, 2.75) is 147 Å².